The van der Waals surface area contributed by atoms with Crippen molar-refractivity contribution in [2.24, 2.45) is 0 Å². The molecule has 142 valence electrons. The van der Waals surface area contributed by atoms with E-state index in [1.54, 1.807) is 4.90 Å². The number of rotatable bonds is 2. The summed E-state index contributed by atoms with van der Waals surface area (Å²) in [4.78, 5) is 27.8. The number of thiophene rings is 1. The van der Waals surface area contributed by atoms with E-state index in [1.165, 1.54) is 10.3 Å². The normalized spacial score (nSPS) is 27.0. The topological polar surface area (TPSA) is 61.9 Å². The molecule has 1 aromatic heterocycles. The Balaban J connectivity index is 1.42. The summed E-state index contributed by atoms with van der Waals surface area (Å²) in [7, 11) is 0. The molecule has 0 aliphatic carbocycles. The molecule has 2 amide bonds. The van der Waals surface area contributed by atoms with Gasteiger partial charge in [0.1, 0.15) is 6.10 Å². The predicted octanol–water partition coefficient (Wildman–Crippen LogP) is 2.16. The molecule has 10 heteroatoms. The third-order valence-corrected chi connectivity index (χ3v) is 6.03. The predicted molar refractivity (Wildman–Crippen MR) is 87.0 cm³/mol. The molecule has 4 heterocycles. The molecule has 3 saturated heterocycles. The summed E-state index contributed by atoms with van der Waals surface area (Å²) >= 11 is 0.873. The minimum atomic E-state index is -4.53. The first-order valence-electron chi connectivity index (χ1n) is 8.48. The highest BCUT2D eigenvalue weighted by atomic mass is 32.1. The van der Waals surface area contributed by atoms with E-state index in [2.05, 4.69) is 5.32 Å². The van der Waals surface area contributed by atoms with Gasteiger partial charge in [-0.25, -0.2) is 4.79 Å². The van der Waals surface area contributed by atoms with E-state index in [9.17, 15) is 22.8 Å². The zero-order valence-electron chi connectivity index (χ0n) is 13.8. The number of hydrogen-bond acceptors (Lipinski definition) is 5. The monoisotopic (exact) mass is 389 g/mol. The van der Waals surface area contributed by atoms with Crippen molar-refractivity contribution >= 4 is 23.3 Å². The molecule has 0 radical (unpaired) electrons. The average Bonchev–Trinajstić information content (AvgIpc) is 3.29. The average molecular weight is 389 g/mol. The quantitative estimate of drug-likeness (QED) is 0.842. The maximum atomic E-state index is 13.0. The van der Waals surface area contributed by atoms with Crippen molar-refractivity contribution in [1.82, 2.24) is 15.1 Å². The number of hydrogen-bond donors (Lipinski definition) is 1. The number of alkyl halides is 3. The molecule has 4 rings (SSSR count). The van der Waals surface area contributed by atoms with Gasteiger partial charge in [0.05, 0.1) is 17.2 Å². The van der Waals surface area contributed by atoms with Gasteiger partial charge in [0, 0.05) is 43.0 Å². The van der Waals surface area contributed by atoms with Crippen LogP contribution in [0.5, 0.6) is 0 Å². The summed E-state index contributed by atoms with van der Waals surface area (Å²) in [6, 6.07) is -0.0468. The first-order chi connectivity index (χ1) is 12.4. The number of nitrogens with one attached hydrogen (secondary N) is 1. The van der Waals surface area contributed by atoms with Crippen LogP contribution in [0, 0.1) is 0 Å². The third-order valence-electron chi connectivity index (χ3n) is 5.29. The lowest BCUT2D eigenvalue weighted by Crippen LogP contribution is -2.51. The van der Waals surface area contributed by atoms with Crippen LogP contribution in [0.25, 0.3) is 0 Å². The molecule has 0 bridgehead atoms. The van der Waals surface area contributed by atoms with Crippen molar-refractivity contribution < 1.29 is 27.5 Å². The Morgan fingerprint density at radius 3 is 2.65 bits per heavy atom. The van der Waals surface area contributed by atoms with Crippen LogP contribution in [0.15, 0.2) is 10.8 Å². The minimum Gasteiger partial charge on any atom is -0.442 e. The fraction of sp³-hybridized carbons (Fsp3) is 0.625. The van der Waals surface area contributed by atoms with E-state index < -0.39 is 17.6 Å². The largest absolute Gasteiger partial charge is 0.442 e. The maximum absolute atomic E-state index is 13.0. The second-order valence-electron chi connectivity index (χ2n) is 6.78. The van der Waals surface area contributed by atoms with Crippen LogP contribution in [0.4, 0.5) is 18.0 Å². The number of amides is 2. The first kappa shape index (κ1) is 17.6. The van der Waals surface area contributed by atoms with Crippen molar-refractivity contribution in [3.05, 3.63) is 21.9 Å². The van der Waals surface area contributed by atoms with Crippen LogP contribution in [0.2, 0.25) is 0 Å². The van der Waals surface area contributed by atoms with Crippen LogP contribution in [0.1, 0.15) is 28.8 Å². The number of ether oxygens (including phenoxy) is 1. The summed E-state index contributed by atoms with van der Waals surface area (Å²) in [5, 5.41) is 5.41. The first-order valence-corrected chi connectivity index (χ1v) is 9.43. The highest BCUT2D eigenvalue weighted by molar-refractivity contribution is 7.08. The minimum absolute atomic E-state index is 0.00320. The number of fused-ring (bicyclic) bond motifs is 1. The number of carbonyl (C=O) groups excluding carboxylic acids is 2. The Kier molecular flexibility index (Phi) is 4.34. The van der Waals surface area contributed by atoms with Crippen LogP contribution in [-0.4, -0.2) is 66.2 Å². The summed E-state index contributed by atoms with van der Waals surface area (Å²) < 4.78 is 44.4. The van der Waals surface area contributed by atoms with E-state index in [0.717, 1.165) is 16.7 Å². The van der Waals surface area contributed by atoms with Gasteiger partial charge >= 0.3 is 12.3 Å². The molecule has 0 spiro atoms. The van der Waals surface area contributed by atoms with Gasteiger partial charge in [0.25, 0.3) is 5.91 Å². The number of nitrogens with zero attached hydrogens (tertiary/aromatic N) is 2. The molecule has 26 heavy (non-hydrogen) atoms. The van der Waals surface area contributed by atoms with Gasteiger partial charge in [-0.15, -0.1) is 0 Å². The molecule has 3 aliphatic rings. The lowest BCUT2D eigenvalue weighted by atomic mass is 10.0. The van der Waals surface area contributed by atoms with Crippen LogP contribution in [-0.2, 0) is 10.9 Å². The maximum Gasteiger partial charge on any atom is 0.417 e. The fourth-order valence-corrected chi connectivity index (χ4v) is 4.81. The standard InChI is InChI=1S/C16H18F3N3O3S/c17-16(18,19)11-8-26-7-10(11)14(23)21-3-1-9(2-4-21)22-12-5-20-6-13(12)25-15(22)24/h7-9,12-13,20H,1-6H2/t12-,13+/m1/s1. The summed E-state index contributed by atoms with van der Waals surface area (Å²) in [6.45, 7) is 1.97. The molecule has 2 atom stereocenters. The number of carbonyl (C=O) groups is 2. The Hall–Kier alpha value is -1.81. The molecule has 0 aromatic carbocycles. The molecule has 3 fully saturated rings. The van der Waals surface area contributed by atoms with E-state index >= 15 is 0 Å². The Morgan fingerprint density at radius 1 is 1.23 bits per heavy atom. The molecule has 0 unspecified atom stereocenters. The van der Waals surface area contributed by atoms with Gasteiger partial charge in [-0.2, -0.15) is 24.5 Å². The van der Waals surface area contributed by atoms with Crippen molar-refractivity contribution in [3.8, 4) is 0 Å². The molecule has 3 aliphatic heterocycles. The smallest absolute Gasteiger partial charge is 0.417 e. The van der Waals surface area contributed by atoms with E-state index in [1.807, 2.05) is 0 Å². The molecule has 1 aromatic rings. The molecular formula is C16H18F3N3O3S. The van der Waals surface area contributed by atoms with E-state index in [-0.39, 0.29) is 29.8 Å². The molecular weight excluding hydrogens is 371 g/mol. The van der Waals surface area contributed by atoms with Gasteiger partial charge in [-0.3, -0.25) is 9.69 Å². The van der Waals surface area contributed by atoms with Gasteiger partial charge in [-0.1, -0.05) is 0 Å². The Labute approximate surface area is 151 Å². The SMILES string of the molecule is O=C(c1cscc1C(F)(F)F)N1CCC(N2C(=O)O[C@H]3CNC[C@H]32)CC1. The Bertz CT molecular complexity index is 715. The second kappa shape index (κ2) is 6.41. The van der Waals surface area contributed by atoms with Crippen LogP contribution in [0.3, 0.4) is 0 Å². The summed E-state index contributed by atoms with van der Waals surface area (Å²) in [5.41, 5.74) is -1.17. The molecule has 1 N–H and O–H groups in total. The van der Waals surface area contributed by atoms with Gasteiger partial charge < -0.3 is 15.0 Å². The summed E-state index contributed by atoms with van der Waals surface area (Å²) in [5.74, 6) is -0.596. The van der Waals surface area contributed by atoms with Crippen LogP contribution >= 0.6 is 11.3 Å². The van der Waals surface area contributed by atoms with Crippen molar-refractivity contribution in [3.63, 3.8) is 0 Å². The van der Waals surface area contributed by atoms with Crippen molar-refractivity contribution in [1.29, 1.82) is 0 Å². The molecule has 0 saturated carbocycles. The van der Waals surface area contributed by atoms with Gasteiger partial charge in [0.2, 0.25) is 0 Å². The second-order valence-corrected chi connectivity index (χ2v) is 7.52. The van der Waals surface area contributed by atoms with Crippen LogP contribution < -0.4 is 5.32 Å². The summed E-state index contributed by atoms with van der Waals surface area (Å²) in [6.07, 6.45) is -3.93. The fourth-order valence-electron chi connectivity index (χ4n) is 3.98. The van der Waals surface area contributed by atoms with Gasteiger partial charge in [-0.05, 0) is 12.8 Å². The number of piperidine rings is 1. The highest BCUT2D eigenvalue weighted by Crippen LogP contribution is 2.35. The molecule has 6 nitrogen and oxygen atoms in total. The van der Waals surface area contributed by atoms with E-state index in [4.69, 9.17) is 4.74 Å². The van der Waals surface area contributed by atoms with Crippen molar-refractivity contribution in [2.45, 2.75) is 37.2 Å². The zero-order valence-corrected chi connectivity index (χ0v) is 14.6. The van der Waals surface area contributed by atoms with E-state index in [0.29, 0.717) is 39.0 Å². The number of likely N-dealkylation sites (tertiary alicyclic amines) is 1. The lowest BCUT2D eigenvalue weighted by Gasteiger charge is -2.37. The van der Waals surface area contributed by atoms with Crippen molar-refractivity contribution in [2.75, 3.05) is 26.2 Å². The van der Waals surface area contributed by atoms with Gasteiger partial charge in [0.15, 0.2) is 0 Å². The Morgan fingerprint density at radius 2 is 1.96 bits per heavy atom. The lowest BCUT2D eigenvalue weighted by molar-refractivity contribution is -0.137. The highest BCUT2D eigenvalue weighted by Gasteiger charge is 2.48. The third kappa shape index (κ3) is 2.94. The number of halogens is 3. The zero-order chi connectivity index (χ0) is 18.5.